The monoisotopic (exact) mass is 814 g/mol. The van der Waals surface area contributed by atoms with Crippen LogP contribution in [0.25, 0.3) is 15.2 Å². The average molecular weight is 815 g/mol. The summed E-state index contributed by atoms with van der Waals surface area (Å²) in [6.07, 6.45) is 4.84. The van der Waals surface area contributed by atoms with Gasteiger partial charge in [0.25, 0.3) is 5.56 Å². The number of carbonyl (C=O) groups excluding carboxylic acids is 1. The predicted octanol–water partition coefficient (Wildman–Crippen LogP) is 3.56. The fourth-order valence-electron chi connectivity index (χ4n) is 5.47. The molecule has 2 aliphatic heterocycles. The number of nitrogens with zero attached hydrogens (tertiary/aromatic N) is 5. The molecule has 0 atom stereocenters. The van der Waals surface area contributed by atoms with Crippen LogP contribution in [0, 0.1) is 18.7 Å². The Morgan fingerprint density at radius 3 is 2.41 bits per heavy atom. The summed E-state index contributed by atoms with van der Waals surface area (Å²) in [5.41, 5.74) is -1.54. The fraction of sp³-hybridized carbons (Fsp3) is 0.545. The van der Waals surface area contributed by atoms with Crippen LogP contribution in [0.15, 0.2) is 40.2 Å². The maximum atomic E-state index is 14.3. The molecule has 0 saturated carbocycles. The van der Waals surface area contributed by atoms with E-state index in [0.29, 0.717) is 51.9 Å². The molecule has 16 heteroatoms. The molecule has 5 heterocycles. The molecule has 0 radical (unpaired) electrons. The van der Waals surface area contributed by atoms with Crippen LogP contribution in [-0.4, -0.2) is 80.3 Å². The van der Waals surface area contributed by atoms with Gasteiger partial charge in [0, 0.05) is 37.3 Å². The predicted molar refractivity (Wildman–Crippen MR) is 194 cm³/mol. The zero-order chi connectivity index (χ0) is 34.6. The number of aromatic nitrogens is 5. The number of hydrogen-bond acceptors (Lipinski definition) is 10. The Morgan fingerprint density at radius 1 is 1.16 bits per heavy atom. The number of aliphatic hydroxyl groups excluding tert-OH is 1. The van der Waals surface area contributed by atoms with Crippen LogP contribution in [0.2, 0.25) is 0 Å². The Morgan fingerprint density at radius 2 is 1.84 bits per heavy atom. The van der Waals surface area contributed by atoms with Gasteiger partial charge in [0.05, 0.1) is 43.7 Å². The van der Waals surface area contributed by atoms with Gasteiger partial charge >= 0.3 is 5.69 Å². The number of thiophene rings is 1. The molecule has 1 aromatic carbocycles. The number of amides is 1. The van der Waals surface area contributed by atoms with Crippen LogP contribution in [-0.2, 0) is 32.8 Å². The summed E-state index contributed by atoms with van der Waals surface area (Å²) < 4.78 is 33.0. The molecule has 4 aromatic rings. The van der Waals surface area contributed by atoms with Crippen LogP contribution in [0.1, 0.15) is 51.7 Å². The normalized spacial score (nSPS) is 15.3. The molecule has 2 aliphatic rings. The number of halogens is 2. The maximum Gasteiger partial charge on any atom is 0.333 e. The number of aryl methyl sites for hydroxylation is 3. The highest BCUT2D eigenvalue weighted by molar-refractivity contribution is 14.0. The van der Waals surface area contributed by atoms with E-state index in [1.54, 1.807) is 40.7 Å². The van der Waals surface area contributed by atoms with Gasteiger partial charge in [-0.15, -0.1) is 28.8 Å². The Bertz CT molecular complexity index is 1850. The minimum absolute atomic E-state index is 0. The minimum atomic E-state index is -1.50. The summed E-state index contributed by atoms with van der Waals surface area (Å²) >= 11 is 1.21. The van der Waals surface area contributed by atoms with Crippen molar-refractivity contribution in [2.45, 2.75) is 78.1 Å². The fourth-order valence-corrected chi connectivity index (χ4v) is 6.70. The average Bonchev–Trinajstić information content (AvgIpc) is 3.66. The zero-order valence-electron chi connectivity index (χ0n) is 28.3. The molecule has 6 rings (SSSR count). The molecule has 0 unspecified atom stereocenters. The van der Waals surface area contributed by atoms with E-state index in [9.17, 15) is 18.8 Å². The molecule has 1 amide bonds. The first-order valence-electron chi connectivity index (χ1n) is 16.1. The summed E-state index contributed by atoms with van der Waals surface area (Å²) in [6, 6.07) is 4.12. The van der Waals surface area contributed by atoms with E-state index in [4.69, 9.17) is 19.3 Å². The second-order valence-electron chi connectivity index (χ2n) is 12.9. The number of rotatable bonds is 10. The summed E-state index contributed by atoms with van der Waals surface area (Å²) in [5.74, 6) is -0.0785. The number of fused-ring (bicyclic) bond motifs is 1. The minimum Gasteiger partial charge on any atom is -0.493 e. The van der Waals surface area contributed by atoms with Gasteiger partial charge in [0.2, 0.25) is 5.91 Å². The lowest BCUT2D eigenvalue weighted by Crippen LogP contribution is -2.56. The van der Waals surface area contributed by atoms with E-state index in [1.807, 2.05) is 0 Å². The lowest BCUT2D eigenvalue weighted by atomic mass is 10.0. The topological polar surface area (TPSA) is 152 Å². The van der Waals surface area contributed by atoms with Gasteiger partial charge in [-0.25, -0.2) is 13.8 Å². The largest absolute Gasteiger partial charge is 0.493 e. The zero-order valence-corrected chi connectivity index (χ0v) is 31.5. The highest BCUT2D eigenvalue weighted by Crippen LogP contribution is 2.31. The third-order valence-corrected chi connectivity index (χ3v) is 9.60. The Balaban J connectivity index is 0.000000602. The number of nitrogens with one attached hydrogen (secondary N) is 1. The van der Waals surface area contributed by atoms with Crippen LogP contribution in [0.3, 0.4) is 0 Å². The molecule has 13 nitrogen and oxygen atoms in total. The van der Waals surface area contributed by atoms with Gasteiger partial charge in [0.15, 0.2) is 0 Å². The van der Waals surface area contributed by atoms with Crippen LogP contribution < -0.4 is 21.3 Å². The third kappa shape index (κ3) is 8.76. The van der Waals surface area contributed by atoms with Crippen molar-refractivity contribution < 1.29 is 28.5 Å². The molecule has 49 heavy (non-hydrogen) atoms. The van der Waals surface area contributed by atoms with Crippen LogP contribution in [0.4, 0.5) is 4.39 Å². The van der Waals surface area contributed by atoms with E-state index in [1.165, 1.54) is 45.2 Å². The molecule has 0 spiro atoms. The number of carbonyl (C=O) groups is 1. The van der Waals surface area contributed by atoms with E-state index in [0.717, 1.165) is 30.6 Å². The van der Waals surface area contributed by atoms with Crippen molar-refractivity contribution >= 4 is 51.4 Å². The van der Waals surface area contributed by atoms with Crippen molar-refractivity contribution in [1.29, 1.82) is 0 Å². The number of ether oxygens (including phenoxy) is 3. The molecule has 0 bridgehead atoms. The van der Waals surface area contributed by atoms with E-state index in [-0.39, 0.29) is 55.0 Å². The lowest BCUT2D eigenvalue weighted by molar-refractivity contribution is -0.129. The van der Waals surface area contributed by atoms with Crippen molar-refractivity contribution in [3.05, 3.63) is 68.4 Å². The molecular formula is C33H44FIN6O7S. The lowest BCUT2D eigenvalue weighted by Gasteiger charge is -2.28. The quantitative estimate of drug-likeness (QED) is 0.229. The first kappa shape index (κ1) is 38.6. The number of hydrogen-bond donors (Lipinski definition) is 2. The molecule has 2 N–H and O–H groups in total. The second-order valence-corrected chi connectivity index (χ2v) is 13.8. The van der Waals surface area contributed by atoms with Crippen molar-refractivity contribution in [2.24, 2.45) is 5.92 Å². The molecule has 2 fully saturated rings. The van der Waals surface area contributed by atoms with Gasteiger partial charge < -0.3 is 24.6 Å². The van der Waals surface area contributed by atoms with Crippen molar-refractivity contribution in [1.82, 2.24) is 29.4 Å². The summed E-state index contributed by atoms with van der Waals surface area (Å²) in [5, 5.41) is 20.9. The second kappa shape index (κ2) is 16.7. The third-order valence-electron chi connectivity index (χ3n) is 8.32. The molecule has 268 valence electrons. The van der Waals surface area contributed by atoms with E-state index >= 15 is 0 Å². The Hall–Kier alpha value is -3.19. The highest BCUT2D eigenvalue weighted by atomic mass is 127. The first-order chi connectivity index (χ1) is 22.9. The van der Waals surface area contributed by atoms with Gasteiger partial charge in [-0.1, -0.05) is 11.3 Å². The number of aliphatic hydroxyl groups is 1. The SMILES string of the molecule is Cc1c(-n2nccn2)sc2c1c(=O)n(C(C)(C)C(=O)NC(C)C)c(=O)n2CCc1cc(F)ccc1OCC1COC1.I.OC1CCOCC1. The standard InChI is InChI=1S/C28H33FN6O5S.C5H10O2.HI/c1-16(2)32-26(37)28(4,5)34-23(36)22-17(3)24(35-30-9-10-31-35)41-25(22)33(27(34)38)11-8-19-12-20(29)6-7-21(19)40-15-18-13-39-14-18;6-5-1-3-7-4-2-5;/h6-7,9-10,12,16,18H,8,11,13-15H2,1-5H3,(H,32,37);5-6H,1-4H2;1H. The number of benzene rings is 1. The summed E-state index contributed by atoms with van der Waals surface area (Å²) in [6.45, 7) is 11.7. The van der Waals surface area contributed by atoms with Gasteiger partial charge in [-0.05, 0) is 77.6 Å². The van der Waals surface area contributed by atoms with Crippen molar-refractivity contribution in [3.63, 3.8) is 0 Å². The van der Waals surface area contributed by atoms with E-state index < -0.39 is 28.5 Å². The maximum absolute atomic E-state index is 14.3. The Labute approximate surface area is 304 Å². The van der Waals surface area contributed by atoms with Gasteiger partial charge in [-0.2, -0.15) is 10.2 Å². The van der Waals surface area contributed by atoms with Gasteiger partial charge in [-0.3, -0.25) is 14.2 Å². The smallest absolute Gasteiger partial charge is 0.333 e. The van der Waals surface area contributed by atoms with Crippen molar-refractivity contribution in [3.8, 4) is 10.8 Å². The van der Waals surface area contributed by atoms with E-state index in [2.05, 4.69) is 15.5 Å². The van der Waals surface area contributed by atoms with Crippen LogP contribution >= 0.6 is 35.3 Å². The van der Waals surface area contributed by atoms with Gasteiger partial charge in [0.1, 0.15) is 26.9 Å². The first-order valence-corrected chi connectivity index (χ1v) is 16.9. The molecule has 0 aliphatic carbocycles. The molecule has 3 aromatic heterocycles. The Kier molecular flexibility index (Phi) is 13.1. The highest BCUT2D eigenvalue weighted by Gasteiger charge is 2.36. The van der Waals surface area contributed by atoms with Crippen LogP contribution in [0.5, 0.6) is 5.75 Å². The summed E-state index contributed by atoms with van der Waals surface area (Å²) in [4.78, 5) is 43.1. The summed E-state index contributed by atoms with van der Waals surface area (Å²) in [7, 11) is 0. The van der Waals surface area contributed by atoms with Crippen molar-refractivity contribution in [2.75, 3.05) is 33.0 Å². The molecule has 2 saturated heterocycles. The molecular weight excluding hydrogens is 770 g/mol.